The lowest BCUT2D eigenvalue weighted by atomic mass is 9.83. The van der Waals surface area contributed by atoms with Crippen molar-refractivity contribution in [3.05, 3.63) is 70.8 Å². The van der Waals surface area contributed by atoms with Gasteiger partial charge in [-0.1, -0.05) is 56.2 Å². The van der Waals surface area contributed by atoms with Gasteiger partial charge < -0.3 is 0 Å². The Bertz CT molecular complexity index is 917. The number of benzene rings is 2. The number of hydrogen-bond donors (Lipinski definition) is 0. The van der Waals surface area contributed by atoms with Crippen molar-refractivity contribution in [3.8, 4) is 6.07 Å². The first-order chi connectivity index (χ1) is 16.1. The molecule has 0 atom stereocenters. The Hall–Kier alpha value is -2.73. The number of nitriles is 1. The SMILES string of the molecule is CCCCCc1ccc(C2CCC(=O)CC2)cc1.N#Cc1ccc(C2CCC(=O)CC2)cc1. The molecule has 0 amide bonds. The first-order valence-electron chi connectivity index (χ1n) is 12.7. The third-order valence-corrected chi connectivity index (χ3v) is 7.12. The van der Waals surface area contributed by atoms with Gasteiger partial charge in [0.05, 0.1) is 11.6 Å². The fraction of sp³-hybridized carbons (Fsp3) is 0.500. The third kappa shape index (κ3) is 7.97. The van der Waals surface area contributed by atoms with E-state index in [1.165, 1.54) is 42.4 Å². The Labute approximate surface area is 199 Å². The van der Waals surface area contributed by atoms with Gasteiger partial charge >= 0.3 is 0 Å². The molecule has 2 fully saturated rings. The molecular formula is C30H37NO2. The smallest absolute Gasteiger partial charge is 0.132 e. The highest BCUT2D eigenvalue weighted by Gasteiger charge is 2.20. The summed E-state index contributed by atoms with van der Waals surface area (Å²) >= 11 is 0. The number of aryl methyl sites for hydroxylation is 1. The summed E-state index contributed by atoms with van der Waals surface area (Å²) in [6, 6.07) is 19.0. The fourth-order valence-electron chi connectivity index (χ4n) is 4.91. The molecule has 0 saturated heterocycles. The molecule has 0 aromatic heterocycles. The molecule has 4 rings (SSSR count). The van der Waals surface area contributed by atoms with Crippen LogP contribution in [0.25, 0.3) is 0 Å². The van der Waals surface area contributed by atoms with E-state index in [0.29, 0.717) is 41.8 Å². The lowest BCUT2D eigenvalue weighted by Crippen LogP contribution is -2.12. The summed E-state index contributed by atoms with van der Waals surface area (Å²) in [5, 5.41) is 8.68. The molecule has 0 aliphatic heterocycles. The summed E-state index contributed by atoms with van der Waals surface area (Å²) in [5.74, 6) is 1.96. The van der Waals surface area contributed by atoms with Gasteiger partial charge in [0.25, 0.3) is 0 Å². The van der Waals surface area contributed by atoms with Crippen LogP contribution >= 0.6 is 0 Å². The topological polar surface area (TPSA) is 57.9 Å². The second-order valence-electron chi connectivity index (χ2n) is 9.56. The van der Waals surface area contributed by atoms with Crippen LogP contribution in [-0.4, -0.2) is 11.6 Å². The van der Waals surface area contributed by atoms with E-state index in [2.05, 4.69) is 37.3 Å². The Morgan fingerprint density at radius 1 is 0.727 bits per heavy atom. The average molecular weight is 444 g/mol. The molecule has 0 bridgehead atoms. The highest BCUT2D eigenvalue weighted by Crippen LogP contribution is 2.32. The maximum Gasteiger partial charge on any atom is 0.132 e. The zero-order valence-corrected chi connectivity index (χ0v) is 20.0. The minimum atomic E-state index is 0.389. The summed E-state index contributed by atoms with van der Waals surface area (Å²) in [6.07, 6.45) is 12.1. The van der Waals surface area contributed by atoms with Crippen LogP contribution in [0, 0.1) is 11.3 Å². The molecule has 0 radical (unpaired) electrons. The number of hydrogen-bond acceptors (Lipinski definition) is 3. The van der Waals surface area contributed by atoms with Gasteiger partial charge in [-0.15, -0.1) is 0 Å². The number of rotatable bonds is 6. The highest BCUT2D eigenvalue weighted by atomic mass is 16.1. The first-order valence-corrected chi connectivity index (χ1v) is 12.7. The normalized spacial score (nSPS) is 17.2. The molecule has 0 unspecified atom stereocenters. The Morgan fingerprint density at radius 3 is 1.61 bits per heavy atom. The molecule has 0 spiro atoms. The van der Waals surface area contributed by atoms with E-state index in [-0.39, 0.29) is 0 Å². The number of unbranched alkanes of at least 4 members (excludes halogenated alkanes) is 2. The predicted molar refractivity (Wildman–Crippen MR) is 133 cm³/mol. The van der Waals surface area contributed by atoms with Crippen LogP contribution in [0.1, 0.15) is 112 Å². The Morgan fingerprint density at radius 2 is 1.18 bits per heavy atom. The molecule has 0 N–H and O–H groups in total. The van der Waals surface area contributed by atoms with Crippen molar-refractivity contribution >= 4 is 11.6 Å². The largest absolute Gasteiger partial charge is 0.300 e. The molecule has 33 heavy (non-hydrogen) atoms. The number of carbonyl (C=O) groups is 2. The third-order valence-electron chi connectivity index (χ3n) is 7.12. The minimum Gasteiger partial charge on any atom is -0.300 e. The van der Waals surface area contributed by atoms with Crippen LogP contribution in [-0.2, 0) is 16.0 Å². The lowest BCUT2D eigenvalue weighted by Gasteiger charge is -2.21. The van der Waals surface area contributed by atoms with Gasteiger partial charge in [0.15, 0.2) is 0 Å². The maximum atomic E-state index is 11.2. The summed E-state index contributed by atoms with van der Waals surface area (Å²) in [4.78, 5) is 22.3. The van der Waals surface area contributed by atoms with E-state index >= 15 is 0 Å². The first kappa shape index (κ1) is 24.9. The molecule has 2 aromatic rings. The van der Waals surface area contributed by atoms with Crippen LogP contribution < -0.4 is 0 Å². The van der Waals surface area contributed by atoms with Crippen molar-refractivity contribution in [2.24, 2.45) is 0 Å². The zero-order chi connectivity index (χ0) is 23.5. The van der Waals surface area contributed by atoms with Gasteiger partial charge in [-0.05, 0) is 79.2 Å². The number of nitrogens with zero attached hydrogens (tertiary/aromatic N) is 1. The van der Waals surface area contributed by atoms with Gasteiger partial charge in [0.1, 0.15) is 11.6 Å². The predicted octanol–water partition coefficient (Wildman–Crippen LogP) is 7.43. The number of Topliss-reactive ketones (excluding diaryl/α,β-unsaturated/α-hetero) is 2. The fourth-order valence-corrected chi connectivity index (χ4v) is 4.91. The van der Waals surface area contributed by atoms with E-state index < -0.39 is 0 Å². The van der Waals surface area contributed by atoms with Gasteiger partial charge in [-0.3, -0.25) is 9.59 Å². The van der Waals surface area contributed by atoms with Crippen LogP contribution in [0.2, 0.25) is 0 Å². The van der Waals surface area contributed by atoms with Crippen LogP contribution in [0.5, 0.6) is 0 Å². The molecule has 2 aliphatic carbocycles. The molecule has 3 heteroatoms. The molecule has 0 heterocycles. The van der Waals surface area contributed by atoms with Crippen molar-refractivity contribution in [3.63, 3.8) is 0 Å². The maximum absolute atomic E-state index is 11.2. The van der Waals surface area contributed by atoms with Crippen molar-refractivity contribution in [1.29, 1.82) is 5.26 Å². The highest BCUT2D eigenvalue weighted by molar-refractivity contribution is 5.79. The van der Waals surface area contributed by atoms with E-state index in [1.54, 1.807) is 0 Å². The van der Waals surface area contributed by atoms with Gasteiger partial charge in [0.2, 0.25) is 0 Å². The zero-order valence-electron chi connectivity index (χ0n) is 20.0. The summed E-state index contributed by atoms with van der Waals surface area (Å²) in [5.41, 5.74) is 4.85. The molecule has 2 aromatic carbocycles. The molecule has 174 valence electrons. The molecular weight excluding hydrogens is 406 g/mol. The van der Waals surface area contributed by atoms with Gasteiger partial charge in [-0.2, -0.15) is 5.26 Å². The van der Waals surface area contributed by atoms with E-state index in [0.717, 1.165) is 38.5 Å². The van der Waals surface area contributed by atoms with Crippen molar-refractivity contribution < 1.29 is 9.59 Å². The second kappa shape index (κ2) is 13.1. The molecule has 3 nitrogen and oxygen atoms in total. The van der Waals surface area contributed by atoms with Crippen LogP contribution in [0.15, 0.2) is 48.5 Å². The quantitative estimate of drug-likeness (QED) is 0.436. The number of ketones is 2. The van der Waals surface area contributed by atoms with Crippen molar-refractivity contribution in [1.82, 2.24) is 0 Å². The second-order valence-corrected chi connectivity index (χ2v) is 9.56. The van der Waals surface area contributed by atoms with Crippen LogP contribution in [0.4, 0.5) is 0 Å². The minimum absolute atomic E-state index is 0.389. The summed E-state index contributed by atoms with van der Waals surface area (Å²) in [7, 11) is 0. The van der Waals surface area contributed by atoms with E-state index in [4.69, 9.17) is 5.26 Å². The van der Waals surface area contributed by atoms with Gasteiger partial charge in [-0.25, -0.2) is 0 Å². The summed E-state index contributed by atoms with van der Waals surface area (Å²) in [6.45, 7) is 2.24. The van der Waals surface area contributed by atoms with Gasteiger partial charge in [0, 0.05) is 25.7 Å². The van der Waals surface area contributed by atoms with E-state index in [1.807, 2.05) is 24.3 Å². The number of carbonyl (C=O) groups excluding carboxylic acids is 2. The molecule has 2 saturated carbocycles. The Kier molecular flexibility index (Phi) is 9.88. The van der Waals surface area contributed by atoms with Crippen LogP contribution in [0.3, 0.4) is 0 Å². The summed E-state index contributed by atoms with van der Waals surface area (Å²) < 4.78 is 0. The monoisotopic (exact) mass is 443 g/mol. The average Bonchev–Trinajstić information content (AvgIpc) is 2.86. The van der Waals surface area contributed by atoms with Crippen molar-refractivity contribution in [2.45, 2.75) is 95.8 Å². The lowest BCUT2D eigenvalue weighted by molar-refractivity contribution is -0.121. The molecule has 2 aliphatic rings. The van der Waals surface area contributed by atoms with E-state index in [9.17, 15) is 9.59 Å². The Balaban J connectivity index is 0.000000189. The van der Waals surface area contributed by atoms with Crippen molar-refractivity contribution in [2.75, 3.05) is 0 Å². The standard InChI is InChI=1S/C17H24O.C13H13NO/c1-2-3-4-5-14-6-8-15(9-7-14)16-10-12-17(18)13-11-16;14-9-10-1-3-11(4-2-10)12-5-7-13(15)8-6-12/h6-9,16H,2-5,10-13H2,1H3;1-4,12H,5-8H2.